The average molecular weight is 329 g/mol. The highest BCUT2D eigenvalue weighted by molar-refractivity contribution is 9.10. The zero-order valence-electron chi connectivity index (χ0n) is 11.2. The van der Waals surface area contributed by atoms with Crippen LogP contribution in [0.5, 0.6) is 0 Å². The second kappa shape index (κ2) is 8.93. The van der Waals surface area contributed by atoms with Crippen LogP contribution in [0.1, 0.15) is 31.7 Å². The maximum atomic E-state index is 10.5. The minimum absolute atomic E-state index is 0.205. The van der Waals surface area contributed by atoms with Crippen LogP contribution in [-0.2, 0) is 16.1 Å². The lowest BCUT2D eigenvalue weighted by Gasteiger charge is -2.08. The van der Waals surface area contributed by atoms with Gasteiger partial charge in [0.1, 0.15) is 0 Å². The van der Waals surface area contributed by atoms with E-state index in [1.165, 1.54) is 6.92 Å². The van der Waals surface area contributed by atoms with Crippen molar-refractivity contribution in [2.45, 2.75) is 32.7 Å². The Morgan fingerprint density at radius 2 is 2.16 bits per heavy atom. The first-order valence-corrected chi connectivity index (χ1v) is 7.27. The average Bonchev–Trinajstić information content (AvgIpc) is 2.34. The molecule has 0 bridgehead atoms. The highest BCUT2D eigenvalue weighted by atomic mass is 79.9. The lowest BCUT2D eigenvalue weighted by molar-refractivity contribution is -0.141. The molecule has 1 rings (SSSR count). The van der Waals surface area contributed by atoms with Crippen LogP contribution in [0.25, 0.3) is 0 Å². The van der Waals surface area contributed by atoms with Crippen molar-refractivity contribution in [2.75, 3.05) is 18.9 Å². The highest BCUT2D eigenvalue weighted by Gasteiger charge is 1.99. The van der Waals surface area contributed by atoms with Gasteiger partial charge >= 0.3 is 5.97 Å². The van der Waals surface area contributed by atoms with Crippen LogP contribution in [-0.4, -0.2) is 19.1 Å². The second-order valence-electron chi connectivity index (χ2n) is 4.42. The summed E-state index contributed by atoms with van der Waals surface area (Å²) < 4.78 is 5.86. The summed E-state index contributed by atoms with van der Waals surface area (Å²) in [6.07, 6.45) is 3.04. The molecule has 1 aromatic rings. The van der Waals surface area contributed by atoms with Crippen molar-refractivity contribution in [3.05, 3.63) is 28.2 Å². The van der Waals surface area contributed by atoms with Crippen LogP contribution < -0.4 is 11.1 Å². The molecule has 106 valence electrons. The Kier molecular flexibility index (Phi) is 7.52. The van der Waals surface area contributed by atoms with Gasteiger partial charge in [-0.15, -0.1) is 0 Å². The summed E-state index contributed by atoms with van der Waals surface area (Å²) in [5.41, 5.74) is 7.83. The number of ether oxygens (including phenoxy) is 1. The van der Waals surface area contributed by atoms with Crippen LogP contribution >= 0.6 is 15.9 Å². The summed E-state index contributed by atoms with van der Waals surface area (Å²) in [5.74, 6) is -0.205. The lowest BCUT2D eigenvalue weighted by Crippen LogP contribution is -2.15. The number of rotatable bonds is 8. The van der Waals surface area contributed by atoms with Gasteiger partial charge in [0.25, 0.3) is 0 Å². The second-order valence-corrected chi connectivity index (χ2v) is 5.34. The monoisotopic (exact) mass is 328 g/mol. The van der Waals surface area contributed by atoms with E-state index in [9.17, 15) is 4.79 Å². The molecule has 3 N–H and O–H groups in total. The van der Waals surface area contributed by atoms with Crippen molar-refractivity contribution in [3.63, 3.8) is 0 Å². The van der Waals surface area contributed by atoms with Gasteiger partial charge < -0.3 is 15.8 Å². The van der Waals surface area contributed by atoms with Gasteiger partial charge in [-0.05, 0) is 43.5 Å². The van der Waals surface area contributed by atoms with E-state index in [0.29, 0.717) is 6.61 Å². The van der Waals surface area contributed by atoms with Gasteiger partial charge in [-0.3, -0.25) is 4.79 Å². The number of halogens is 1. The quantitative estimate of drug-likeness (QED) is 0.437. The Labute approximate surface area is 122 Å². The number of nitrogens with two attached hydrogens (primary N) is 1. The molecule has 0 aliphatic carbocycles. The number of anilines is 1. The predicted molar refractivity (Wildman–Crippen MR) is 80.7 cm³/mol. The molecule has 1 aromatic carbocycles. The number of carbonyl (C=O) groups excluding carboxylic acids is 1. The molecule has 0 amide bonds. The van der Waals surface area contributed by atoms with Gasteiger partial charge in [0, 0.05) is 23.6 Å². The third-order valence-corrected chi connectivity index (χ3v) is 3.22. The summed E-state index contributed by atoms with van der Waals surface area (Å²) in [4.78, 5) is 10.5. The summed E-state index contributed by atoms with van der Waals surface area (Å²) in [6.45, 7) is 3.68. The molecular weight excluding hydrogens is 308 g/mol. The van der Waals surface area contributed by atoms with E-state index >= 15 is 0 Å². The molecule has 4 nitrogen and oxygen atoms in total. The summed E-state index contributed by atoms with van der Waals surface area (Å²) in [5, 5.41) is 3.36. The van der Waals surface area contributed by atoms with Crippen molar-refractivity contribution in [3.8, 4) is 0 Å². The van der Waals surface area contributed by atoms with Crippen LogP contribution in [0.3, 0.4) is 0 Å². The van der Waals surface area contributed by atoms with E-state index in [-0.39, 0.29) is 5.97 Å². The Bertz CT molecular complexity index is 410. The SMILES string of the molecule is CC(=O)OCCCCCNCc1ccc(Br)cc1N. The molecule has 0 aliphatic rings. The third-order valence-electron chi connectivity index (χ3n) is 2.73. The molecule has 0 saturated carbocycles. The van der Waals surface area contributed by atoms with E-state index in [1.54, 1.807) is 0 Å². The summed E-state index contributed by atoms with van der Waals surface area (Å²) >= 11 is 3.39. The molecular formula is C14H21BrN2O2. The minimum Gasteiger partial charge on any atom is -0.466 e. The number of hydrogen-bond acceptors (Lipinski definition) is 4. The number of hydrogen-bond donors (Lipinski definition) is 2. The van der Waals surface area contributed by atoms with Gasteiger partial charge in [-0.25, -0.2) is 0 Å². The highest BCUT2D eigenvalue weighted by Crippen LogP contribution is 2.18. The van der Waals surface area contributed by atoms with Crippen molar-refractivity contribution >= 4 is 27.6 Å². The molecule has 0 fully saturated rings. The Morgan fingerprint density at radius 1 is 1.37 bits per heavy atom. The molecule has 0 saturated heterocycles. The molecule has 0 radical (unpaired) electrons. The van der Waals surface area contributed by atoms with Gasteiger partial charge in [-0.1, -0.05) is 22.0 Å². The van der Waals surface area contributed by atoms with Gasteiger partial charge in [0.15, 0.2) is 0 Å². The first kappa shape index (κ1) is 16.0. The number of unbranched alkanes of at least 4 members (excludes halogenated alkanes) is 2. The molecule has 0 heterocycles. The fraction of sp³-hybridized carbons (Fsp3) is 0.500. The van der Waals surface area contributed by atoms with E-state index in [1.807, 2.05) is 18.2 Å². The summed E-state index contributed by atoms with van der Waals surface area (Å²) in [6, 6.07) is 5.93. The molecule has 0 unspecified atom stereocenters. The first-order chi connectivity index (χ1) is 9.09. The van der Waals surface area contributed by atoms with Crippen molar-refractivity contribution < 1.29 is 9.53 Å². The first-order valence-electron chi connectivity index (χ1n) is 6.47. The van der Waals surface area contributed by atoms with Crippen LogP contribution in [0.2, 0.25) is 0 Å². The van der Waals surface area contributed by atoms with Gasteiger partial charge in [-0.2, -0.15) is 0 Å². The van der Waals surface area contributed by atoms with Gasteiger partial charge in [0.05, 0.1) is 6.61 Å². The summed E-state index contributed by atoms with van der Waals surface area (Å²) in [7, 11) is 0. The van der Waals surface area contributed by atoms with Crippen molar-refractivity contribution in [1.29, 1.82) is 0 Å². The zero-order chi connectivity index (χ0) is 14.1. The number of esters is 1. The molecule has 0 aromatic heterocycles. The lowest BCUT2D eigenvalue weighted by atomic mass is 10.2. The number of nitrogens with one attached hydrogen (secondary N) is 1. The Balaban J connectivity index is 2.06. The van der Waals surface area contributed by atoms with Crippen LogP contribution in [0.4, 0.5) is 5.69 Å². The van der Waals surface area contributed by atoms with Crippen LogP contribution in [0, 0.1) is 0 Å². The molecule has 0 atom stereocenters. The fourth-order valence-corrected chi connectivity index (χ4v) is 2.07. The van der Waals surface area contributed by atoms with Crippen molar-refractivity contribution in [2.24, 2.45) is 0 Å². The topological polar surface area (TPSA) is 64.3 Å². The maximum Gasteiger partial charge on any atom is 0.302 e. The number of benzene rings is 1. The fourth-order valence-electron chi connectivity index (χ4n) is 1.69. The maximum absolute atomic E-state index is 10.5. The number of carbonyl (C=O) groups is 1. The van der Waals surface area contributed by atoms with Crippen molar-refractivity contribution in [1.82, 2.24) is 5.32 Å². The standard InChI is InChI=1S/C14H21BrN2O2/c1-11(18)19-8-4-2-3-7-17-10-12-5-6-13(15)9-14(12)16/h5-6,9,17H,2-4,7-8,10,16H2,1H3. The molecule has 5 heteroatoms. The number of nitrogen functional groups attached to an aromatic ring is 1. The minimum atomic E-state index is -0.205. The molecule has 0 spiro atoms. The van der Waals surface area contributed by atoms with E-state index < -0.39 is 0 Å². The third kappa shape index (κ3) is 7.18. The smallest absolute Gasteiger partial charge is 0.302 e. The van der Waals surface area contributed by atoms with Crippen LogP contribution in [0.15, 0.2) is 22.7 Å². The van der Waals surface area contributed by atoms with Gasteiger partial charge in [0.2, 0.25) is 0 Å². The molecule has 19 heavy (non-hydrogen) atoms. The Morgan fingerprint density at radius 3 is 2.84 bits per heavy atom. The predicted octanol–water partition coefficient (Wildman–Crippen LogP) is 2.85. The van der Waals surface area contributed by atoms with E-state index in [2.05, 4.69) is 21.2 Å². The molecule has 0 aliphatic heterocycles. The normalized spacial score (nSPS) is 10.4. The largest absolute Gasteiger partial charge is 0.466 e. The van der Waals surface area contributed by atoms with E-state index in [0.717, 1.165) is 48.1 Å². The van der Waals surface area contributed by atoms with E-state index in [4.69, 9.17) is 10.5 Å². The zero-order valence-corrected chi connectivity index (χ0v) is 12.8. The Hall–Kier alpha value is -1.07.